The summed E-state index contributed by atoms with van der Waals surface area (Å²) < 4.78 is 10.4. The maximum atomic E-state index is 10.8. The van der Waals surface area contributed by atoms with E-state index in [0.717, 1.165) is 0 Å². The number of nitrogen functional groups attached to an aromatic ring is 1. The van der Waals surface area contributed by atoms with Crippen molar-refractivity contribution in [1.82, 2.24) is 9.97 Å². The zero-order valence-electron chi connectivity index (χ0n) is 7.84. The van der Waals surface area contributed by atoms with Crippen LogP contribution in [0.3, 0.4) is 0 Å². The molecule has 0 saturated carbocycles. The van der Waals surface area contributed by atoms with Gasteiger partial charge in [-0.2, -0.15) is 0 Å². The molecule has 2 rings (SSSR count). The molecule has 7 nitrogen and oxygen atoms in total. The molecule has 82 valence electrons. The van der Waals surface area contributed by atoms with E-state index in [1.807, 2.05) is 0 Å². The lowest BCUT2D eigenvalue weighted by Gasteiger charge is -2.10. The van der Waals surface area contributed by atoms with Gasteiger partial charge in [0.25, 0.3) is 0 Å². The van der Waals surface area contributed by atoms with E-state index in [9.17, 15) is 4.79 Å². The van der Waals surface area contributed by atoms with E-state index < -0.39 is 18.1 Å². The lowest BCUT2D eigenvalue weighted by atomic mass is 10.2. The van der Waals surface area contributed by atoms with Crippen LogP contribution in [0.4, 0.5) is 5.82 Å². The third kappa shape index (κ3) is 1.99. The first-order chi connectivity index (χ1) is 7.20. The van der Waals surface area contributed by atoms with Gasteiger partial charge in [-0.05, 0) is 0 Å². The van der Waals surface area contributed by atoms with Crippen molar-refractivity contribution >= 4 is 5.82 Å². The number of hydrogen-bond donors (Lipinski definition) is 3. The SMILES string of the molecule is Nc1[nH]c(=O)ncc1C1COC(CO)O1. The van der Waals surface area contributed by atoms with Gasteiger partial charge in [0.05, 0.1) is 13.2 Å². The molecular weight excluding hydrogens is 202 g/mol. The van der Waals surface area contributed by atoms with Gasteiger partial charge in [0.15, 0.2) is 6.29 Å². The largest absolute Gasteiger partial charge is 0.391 e. The second-order valence-electron chi connectivity index (χ2n) is 3.13. The molecule has 2 unspecified atom stereocenters. The van der Waals surface area contributed by atoms with E-state index in [2.05, 4.69) is 9.97 Å². The van der Waals surface area contributed by atoms with Crippen LogP contribution >= 0.6 is 0 Å². The van der Waals surface area contributed by atoms with Crippen molar-refractivity contribution in [3.05, 3.63) is 22.2 Å². The Kier molecular flexibility index (Phi) is 2.67. The Morgan fingerprint density at radius 1 is 1.73 bits per heavy atom. The van der Waals surface area contributed by atoms with Gasteiger partial charge in [0.1, 0.15) is 11.9 Å². The fourth-order valence-electron chi connectivity index (χ4n) is 1.39. The van der Waals surface area contributed by atoms with Crippen LogP contribution < -0.4 is 11.4 Å². The molecule has 1 aliphatic heterocycles. The lowest BCUT2D eigenvalue weighted by Crippen LogP contribution is -2.17. The molecule has 0 aliphatic carbocycles. The van der Waals surface area contributed by atoms with Gasteiger partial charge in [0, 0.05) is 11.8 Å². The first-order valence-corrected chi connectivity index (χ1v) is 4.43. The highest BCUT2D eigenvalue weighted by Crippen LogP contribution is 2.27. The highest BCUT2D eigenvalue weighted by atomic mass is 16.7. The summed E-state index contributed by atoms with van der Waals surface area (Å²) in [5.41, 5.74) is 5.65. The predicted octanol–water partition coefficient (Wildman–Crippen LogP) is -1.24. The third-order valence-electron chi connectivity index (χ3n) is 2.12. The van der Waals surface area contributed by atoms with Gasteiger partial charge >= 0.3 is 5.69 Å². The number of aromatic amines is 1. The number of anilines is 1. The van der Waals surface area contributed by atoms with Crippen LogP contribution in [0.25, 0.3) is 0 Å². The van der Waals surface area contributed by atoms with Crippen LogP contribution in [0.15, 0.2) is 11.0 Å². The van der Waals surface area contributed by atoms with Crippen molar-refractivity contribution < 1.29 is 14.6 Å². The standard InChI is InChI=1S/C8H11N3O4/c9-7-4(1-10-8(13)11-7)5-3-14-6(2-12)15-5/h1,5-6,12H,2-3H2,(H3,9,10,11,13). The number of rotatable bonds is 2. The molecule has 1 aliphatic rings. The highest BCUT2D eigenvalue weighted by molar-refractivity contribution is 5.38. The van der Waals surface area contributed by atoms with Crippen LogP contribution in [0.2, 0.25) is 0 Å². The minimum atomic E-state index is -0.638. The summed E-state index contributed by atoms with van der Waals surface area (Å²) in [7, 11) is 0. The molecule has 0 bridgehead atoms. The highest BCUT2D eigenvalue weighted by Gasteiger charge is 2.28. The molecule has 1 aromatic heterocycles. The summed E-state index contributed by atoms with van der Waals surface area (Å²) in [4.78, 5) is 16.7. The summed E-state index contributed by atoms with van der Waals surface area (Å²) in [5.74, 6) is 0.210. The average molecular weight is 213 g/mol. The molecule has 4 N–H and O–H groups in total. The molecule has 1 saturated heterocycles. The normalized spacial score (nSPS) is 25.7. The second-order valence-corrected chi connectivity index (χ2v) is 3.13. The van der Waals surface area contributed by atoms with E-state index in [4.69, 9.17) is 20.3 Å². The molecule has 2 atom stereocenters. The van der Waals surface area contributed by atoms with Crippen LogP contribution in [0.1, 0.15) is 11.7 Å². The zero-order valence-corrected chi connectivity index (χ0v) is 7.84. The summed E-state index contributed by atoms with van der Waals surface area (Å²) in [6, 6.07) is 0. The molecule has 15 heavy (non-hydrogen) atoms. The zero-order chi connectivity index (χ0) is 10.8. The quantitative estimate of drug-likeness (QED) is 0.566. The Bertz CT molecular complexity index is 405. The van der Waals surface area contributed by atoms with E-state index in [0.29, 0.717) is 5.56 Å². The molecule has 7 heteroatoms. The van der Waals surface area contributed by atoms with Gasteiger partial charge in [0.2, 0.25) is 0 Å². The second kappa shape index (κ2) is 3.97. The van der Waals surface area contributed by atoms with E-state index in [-0.39, 0.29) is 19.0 Å². The van der Waals surface area contributed by atoms with E-state index >= 15 is 0 Å². The van der Waals surface area contributed by atoms with Gasteiger partial charge in [-0.25, -0.2) is 9.78 Å². The van der Waals surface area contributed by atoms with Crippen molar-refractivity contribution in [2.45, 2.75) is 12.4 Å². The summed E-state index contributed by atoms with van der Waals surface area (Å²) >= 11 is 0. The monoisotopic (exact) mass is 213 g/mol. The fraction of sp³-hybridized carbons (Fsp3) is 0.500. The summed E-state index contributed by atoms with van der Waals surface area (Å²) in [5, 5.41) is 8.79. The van der Waals surface area contributed by atoms with Crippen molar-refractivity contribution in [3.63, 3.8) is 0 Å². The molecule has 0 radical (unpaired) electrons. The van der Waals surface area contributed by atoms with Crippen molar-refractivity contribution in [1.29, 1.82) is 0 Å². The Morgan fingerprint density at radius 3 is 3.13 bits per heavy atom. The first-order valence-electron chi connectivity index (χ1n) is 4.43. The Labute approximate surface area is 84.8 Å². The lowest BCUT2D eigenvalue weighted by molar-refractivity contribution is -0.0881. The number of aliphatic hydroxyl groups excluding tert-OH is 1. The number of hydrogen-bond acceptors (Lipinski definition) is 6. The third-order valence-corrected chi connectivity index (χ3v) is 2.12. The minimum Gasteiger partial charge on any atom is -0.391 e. The molecule has 0 spiro atoms. The van der Waals surface area contributed by atoms with Crippen LogP contribution in [0.5, 0.6) is 0 Å². The summed E-state index contributed by atoms with van der Waals surface area (Å²) in [6.45, 7) is 0.0658. The van der Waals surface area contributed by atoms with E-state index in [1.54, 1.807) is 0 Å². The minimum absolute atomic E-state index is 0.210. The van der Waals surface area contributed by atoms with Crippen LogP contribution in [0, 0.1) is 0 Å². The van der Waals surface area contributed by atoms with Gasteiger partial charge in [-0.1, -0.05) is 0 Å². The number of H-pyrrole nitrogens is 1. The van der Waals surface area contributed by atoms with Gasteiger partial charge in [-0.3, -0.25) is 4.98 Å². The average Bonchev–Trinajstić information content (AvgIpc) is 2.66. The van der Waals surface area contributed by atoms with Crippen molar-refractivity contribution in [2.75, 3.05) is 18.9 Å². The van der Waals surface area contributed by atoms with Crippen molar-refractivity contribution in [2.24, 2.45) is 0 Å². The number of aromatic nitrogens is 2. The molecule has 2 heterocycles. The maximum absolute atomic E-state index is 10.8. The Balaban J connectivity index is 2.20. The smallest absolute Gasteiger partial charge is 0.346 e. The maximum Gasteiger partial charge on any atom is 0.346 e. The van der Waals surface area contributed by atoms with Crippen molar-refractivity contribution in [3.8, 4) is 0 Å². The topological polar surface area (TPSA) is 110 Å². The molecule has 1 aromatic rings. The molecule has 1 fully saturated rings. The Morgan fingerprint density at radius 2 is 2.53 bits per heavy atom. The van der Waals surface area contributed by atoms with E-state index in [1.165, 1.54) is 6.20 Å². The number of aliphatic hydroxyl groups is 1. The van der Waals surface area contributed by atoms with Gasteiger partial charge in [-0.15, -0.1) is 0 Å². The van der Waals surface area contributed by atoms with Crippen LogP contribution in [-0.2, 0) is 9.47 Å². The Hall–Kier alpha value is -1.44. The predicted molar refractivity (Wildman–Crippen MR) is 49.9 cm³/mol. The number of nitrogens with one attached hydrogen (secondary N) is 1. The molecular formula is C8H11N3O4. The number of ether oxygens (including phenoxy) is 2. The fourth-order valence-corrected chi connectivity index (χ4v) is 1.39. The molecule has 0 amide bonds. The molecule has 0 aromatic carbocycles. The summed E-state index contributed by atoms with van der Waals surface area (Å²) in [6.07, 6.45) is 0.315. The van der Waals surface area contributed by atoms with Gasteiger partial charge < -0.3 is 20.3 Å². The number of nitrogens with zero attached hydrogens (tertiary/aromatic N) is 1. The van der Waals surface area contributed by atoms with Crippen LogP contribution in [-0.4, -0.2) is 34.6 Å². The first kappa shape index (κ1) is 10.1. The number of nitrogens with two attached hydrogens (primary N) is 1.